The van der Waals surface area contributed by atoms with Crippen LogP contribution in [-0.4, -0.2) is 22.6 Å². The molecule has 21 heavy (non-hydrogen) atoms. The second-order valence-electron chi connectivity index (χ2n) is 5.59. The molecule has 1 heterocycles. The van der Waals surface area contributed by atoms with Crippen LogP contribution in [0.2, 0.25) is 0 Å². The lowest BCUT2D eigenvalue weighted by atomic mass is 9.87. The molecule has 0 saturated heterocycles. The van der Waals surface area contributed by atoms with Gasteiger partial charge in [-0.25, -0.2) is 4.98 Å². The maximum absolute atomic E-state index is 12.9. The SMILES string of the molecule is CCNc1nc(NC2CCC(C)CC2)cc(C(F)(F)F)n1. The van der Waals surface area contributed by atoms with E-state index in [1.807, 2.05) is 0 Å². The van der Waals surface area contributed by atoms with E-state index >= 15 is 0 Å². The molecule has 118 valence electrons. The number of halogens is 3. The lowest BCUT2D eigenvalue weighted by molar-refractivity contribution is -0.141. The summed E-state index contributed by atoms with van der Waals surface area (Å²) in [5.74, 6) is 0.948. The van der Waals surface area contributed by atoms with Gasteiger partial charge < -0.3 is 10.6 Å². The van der Waals surface area contributed by atoms with Gasteiger partial charge in [-0.3, -0.25) is 0 Å². The Morgan fingerprint density at radius 1 is 1.19 bits per heavy atom. The Morgan fingerprint density at radius 3 is 2.43 bits per heavy atom. The third-order valence-corrected chi connectivity index (χ3v) is 3.72. The molecule has 1 saturated carbocycles. The lowest BCUT2D eigenvalue weighted by Gasteiger charge is -2.27. The lowest BCUT2D eigenvalue weighted by Crippen LogP contribution is -2.26. The van der Waals surface area contributed by atoms with Crippen molar-refractivity contribution in [2.75, 3.05) is 17.2 Å². The molecule has 1 fully saturated rings. The first-order valence-electron chi connectivity index (χ1n) is 7.35. The van der Waals surface area contributed by atoms with Gasteiger partial charge in [0.15, 0.2) is 5.69 Å². The van der Waals surface area contributed by atoms with Gasteiger partial charge in [0, 0.05) is 18.7 Å². The van der Waals surface area contributed by atoms with Crippen molar-refractivity contribution < 1.29 is 13.2 Å². The fraction of sp³-hybridized carbons (Fsp3) is 0.714. The monoisotopic (exact) mass is 302 g/mol. The molecule has 1 aliphatic carbocycles. The van der Waals surface area contributed by atoms with Gasteiger partial charge in [-0.05, 0) is 38.5 Å². The number of aromatic nitrogens is 2. The predicted octanol–water partition coefficient (Wildman–Crippen LogP) is 3.92. The van der Waals surface area contributed by atoms with E-state index < -0.39 is 11.9 Å². The molecular formula is C14H21F3N4. The van der Waals surface area contributed by atoms with E-state index in [0.29, 0.717) is 12.5 Å². The summed E-state index contributed by atoms with van der Waals surface area (Å²) in [4.78, 5) is 7.63. The number of nitrogens with zero attached hydrogens (tertiary/aromatic N) is 2. The Hall–Kier alpha value is -1.53. The standard InChI is InChI=1S/C14H21F3N4/c1-3-18-13-20-11(14(15,16)17)8-12(21-13)19-10-6-4-9(2)5-7-10/h8-10H,3-7H2,1-2H3,(H2,18,19,20,21). The Morgan fingerprint density at radius 2 is 1.86 bits per heavy atom. The highest BCUT2D eigenvalue weighted by Gasteiger charge is 2.34. The summed E-state index contributed by atoms with van der Waals surface area (Å²) < 4.78 is 38.6. The summed E-state index contributed by atoms with van der Waals surface area (Å²) in [7, 11) is 0. The van der Waals surface area contributed by atoms with Gasteiger partial charge in [0.1, 0.15) is 5.82 Å². The van der Waals surface area contributed by atoms with Crippen molar-refractivity contribution in [1.29, 1.82) is 0 Å². The van der Waals surface area contributed by atoms with Gasteiger partial charge in [-0.1, -0.05) is 6.92 Å². The maximum Gasteiger partial charge on any atom is 0.433 e. The predicted molar refractivity (Wildman–Crippen MR) is 76.2 cm³/mol. The highest BCUT2D eigenvalue weighted by molar-refractivity contribution is 5.43. The highest BCUT2D eigenvalue weighted by atomic mass is 19.4. The average molecular weight is 302 g/mol. The third kappa shape index (κ3) is 4.47. The van der Waals surface area contributed by atoms with Crippen molar-refractivity contribution in [2.24, 2.45) is 5.92 Å². The van der Waals surface area contributed by atoms with Crippen LogP contribution >= 0.6 is 0 Å². The van der Waals surface area contributed by atoms with Crippen molar-refractivity contribution in [1.82, 2.24) is 9.97 Å². The first-order valence-corrected chi connectivity index (χ1v) is 7.35. The van der Waals surface area contributed by atoms with Crippen LogP contribution < -0.4 is 10.6 Å². The van der Waals surface area contributed by atoms with Gasteiger partial charge in [-0.15, -0.1) is 0 Å². The largest absolute Gasteiger partial charge is 0.433 e. The van der Waals surface area contributed by atoms with Crippen LogP contribution in [0.5, 0.6) is 0 Å². The summed E-state index contributed by atoms with van der Waals surface area (Å²) in [5, 5.41) is 5.86. The van der Waals surface area contributed by atoms with Crippen LogP contribution in [-0.2, 0) is 6.18 Å². The van der Waals surface area contributed by atoms with Gasteiger partial charge in [0.25, 0.3) is 0 Å². The van der Waals surface area contributed by atoms with Crippen LogP contribution in [0.4, 0.5) is 24.9 Å². The third-order valence-electron chi connectivity index (χ3n) is 3.72. The van der Waals surface area contributed by atoms with E-state index in [0.717, 1.165) is 31.7 Å². The van der Waals surface area contributed by atoms with Gasteiger partial charge >= 0.3 is 6.18 Å². The summed E-state index contributed by atoms with van der Waals surface area (Å²) in [6.45, 7) is 4.47. The molecule has 0 unspecified atom stereocenters. The molecular weight excluding hydrogens is 281 g/mol. The maximum atomic E-state index is 12.9. The normalized spacial score (nSPS) is 22.9. The molecule has 1 aromatic rings. The minimum atomic E-state index is -4.47. The zero-order valence-electron chi connectivity index (χ0n) is 12.3. The van der Waals surface area contributed by atoms with Crippen molar-refractivity contribution in [3.8, 4) is 0 Å². The molecule has 2 rings (SSSR count). The molecule has 0 aliphatic heterocycles. The first-order chi connectivity index (χ1) is 9.88. The summed E-state index contributed by atoms with van der Waals surface area (Å²) in [6.07, 6.45) is -0.360. The minimum Gasteiger partial charge on any atom is -0.367 e. The Kier molecular flexibility index (Phi) is 4.90. The van der Waals surface area contributed by atoms with Crippen LogP contribution in [0, 0.1) is 5.92 Å². The van der Waals surface area contributed by atoms with Gasteiger partial charge in [-0.2, -0.15) is 18.2 Å². The van der Waals surface area contributed by atoms with Gasteiger partial charge in [0.05, 0.1) is 0 Å². The molecule has 0 radical (unpaired) electrons. The number of anilines is 2. The smallest absolute Gasteiger partial charge is 0.367 e. The fourth-order valence-electron chi connectivity index (χ4n) is 2.52. The van der Waals surface area contributed by atoms with Gasteiger partial charge in [0.2, 0.25) is 5.95 Å². The summed E-state index contributed by atoms with van der Waals surface area (Å²) in [5.41, 5.74) is -0.917. The zero-order chi connectivity index (χ0) is 15.5. The van der Waals surface area contributed by atoms with Crippen molar-refractivity contribution in [3.05, 3.63) is 11.8 Å². The van der Waals surface area contributed by atoms with E-state index in [2.05, 4.69) is 27.5 Å². The molecule has 0 atom stereocenters. The molecule has 4 nitrogen and oxygen atoms in total. The first kappa shape index (κ1) is 15.9. The second-order valence-corrected chi connectivity index (χ2v) is 5.59. The van der Waals surface area contributed by atoms with Crippen LogP contribution in [0.1, 0.15) is 45.2 Å². The molecule has 0 aromatic carbocycles. The Labute approximate surface area is 122 Å². The van der Waals surface area contributed by atoms with E-state index in [4.69, 9.17) is 0 Å². The number of hydrogen-bond donors (Lipinski definition) is 2. The van der Waals surface area contributed by atoms with E-state index in [1.165, 1.54) is 0 Å². The van der Waals surface area contributed by atoms with E-state index in [9.17, 15) is 13.2 Å². The highest BCUT2D eigenvalue weighted by Crippen LogP contribution is 2.31. The molecule has 0 spiro atoms. The molecule has 0 amide bonds. The number of alkyl halides is 3. The van der Waals surface area contributed by atoms with Crippen molar-refractivity contribution in [3.63, 3.8) is 0 Å². The molecule has 0 bridgehead atoms. The van der Waals surface area contributed by atoms with Crippen molar-refractivity contribution in [2.45, 2.75) is 51.7 Å². The van der Waals surface area contributed by atoms with Crippen LogP contribution in [0.3, 0.4) is 0 Å². The number of hydrogen-bond acceptors (Lipinski definition) is 4. The van der Waals surface area contributed by atoms with E-state index in [1.54, 1.807) is 6.92 Å². The number of rotatable bonds is 4. The van der Waals surface area contributed by atoms with Crippen molar-refractivity contribution >= 4 is 11.8 Å². The minimum absolute atomic E-state index is 0.0130. The second kappa shape index (κ2) is 6.49. The topological polar surface area (TPSA) is 49.8 Å². The Balaban J connectivity index is 2.15. The van der Waals surface area contributed by atoms with Crippen LogP contribution in [0.25, 0.3) is 0 Å². The van der Waals surface area contributed by atoms with Crippen LogP contribution in [0.15, 0.2) is 6.07 Å². The zero-order valence-corrected chi connectivity index (χ0v) is 12.3. The Bertz CT molecular complexity index is 468. The molecule has 7 heteroatoms. The summed E-state index contributed by atoms with van der Waals surface area (Å²) >= 11 is 0. The number of nitrogens with one attached hydrogen (secondary N) is 2. The van der Waals surface area contributed by atoms with E-state index in [-0.39, 0.29) is 17.8 Å². The quantitative estimate of drug-likeness (QED) is 0.885. The fourth-order valence-corrected chi connectivity index (χ4v) is 2.52. The molecule has 1 aliphatic rings. The summed E-state index contributed by atoms with van der Waals surface area (Å²) in [6, 6.07) is 1.17. The molecule has 1 aromatic heterocycles. The molecule has 2 N–H and O–H groups in total. The average Bonchev–Trinajstić information content (AvgIpc) is 2.41.